The fraction of sp³-hybridized carbons (Fsp3) is 0.714. The van der Waals surface area contributed by atoms with Crippen LogP contribution in [0.2, 0.25) is 0 Å². The van der Waals surface area contributed by atoms with Crippen LogP contribution in [-0.2, 0) is 31.9 Å². The predicted molar refractivity (Wildman–Crippen MR) is 258 cm³/mol. The Morgan fingerprint density at radius 3 is 0.984 bits per heavy atom. The maximum Gasteiger partial charge on any atom is 0.353 e. The van der Waals surface area contributed by atoms with Crippen LogP contribution >= 0.6 is 0 Å². The number of ether oxygens (including phenoxy) is 2. The number of rotatable bonds is 31. The van der Waals surface area contributed by atoms with E-state index in [2.05, 4.69) is 13.8 Å². The summed E-state index contributed by atoms with van der Waals surface area (Å²) >= 11 is 0. The third-order valence-corrected chi connectivity index (χ3v) is 15.0. The summed E-state index contributed by atoms with van der Waals surface area (Å²) in [4.78, 5) is 54.9. The van der Waals surface area contributed by atoms with E-state index in [1.165, 1.54) is 116 Å². The van der Waals surface area contributed by atoms with Gasteiger partial charge in [-0.1, -0.05) is 193 Å². The molecule has 0 amide bonds. The SMILES string of the molecule is CCCCCC1CCC(CCCCc2ccc(C(=O)O[C@@](CCCC)(C(=O)O)[C@@](CCCC)(OC(=O)c3ccc(CCCCC4CCC(CCCCC)CC4)cc3)C(=O)O)cc2)CC1. The van der Waals surface area contributed by atoms with Gasteiger partial charge < -0.3 is 19.7 Å². The minimum atomic E-state index is -2.68. The first-order chi connectivity index (χ1) is 31.0. The Labute approximate surface area is 387 Å². The molecule has 2 aromatic carbocycles. The number of carbonyl (C=O) groups is 4. The molecule has 2 aromatic rings. The molecule has 2 aliphatic carbocycles. The Bertz CT molecular complexity index is 1530. The third-order valence-electron chi connectivity index (χ3n) is 15.0. The van der Waals surface area contributed by atoms with E-state index in [-0.39, 0.29) is 36.8 Å². The average Bonchev–Trinajstić information content (AvgIpc) is 3.30. The summed E-state index contributed by atoms with van der Waals surface area (Å²) < 4.78 is 11.9. The predicted octanol–water partition coefficient (Wildman–Crippen LogP) is 14.9. The van der Waals surface area contributed by atoms with Crippen LogP contribution in [0.1, 0.15) is 239 Å². The molecule has 2 fully saturated rings. The van der Waals surface area contributed by atoms with Gasteiger partial charge in [0.2, 0.25) is 0 Å². The average molecular weight is 887 g/mol. The van der Waals surface area contributed by atoms with Crippen molar-refractivity contribution in [1.29, 1.82) is 0 Å². The van der Waals surface area contributed by atoms with Crippen molar-refractivity contribution in [2.24, 2.45) is 23.7 Å². The smallest absolute Gasteiger partial charge is 0.353 e. The van der Waals surface area contributed by atoms with Gasteiger partial charge in [0.05, 0.1) is 11.1 Å². The lowest BCUT2D eigenvalue weighted by Crippen LogP contribution is -2.67. The molecule has 0 aliphatic heterocycles. The molecule has 0 aromatic heterocycles. The molecule has 4 rings (SSSR count). The van der Waals surface area contributed by atoms with Gasteiger partial charge >= 0.3 is 23.9 Å². The first kappa shape index (κ1) is 52.9. The molecule has 0 bridgehead atoms. The fourth-order valence-electron chi connectivity index (χ4n) is 10.7. The lowest BCUT2D eigenvalue weighted by Gasteiger charge is -2.43. The number of benzene rings is 2. The molecule has 0 spiro atoms. The highest BCUT2D eigenvalue weighted by Crippen LogP contribution is 2.42. The summed E-state index contributed by atoms with van der Waals surface area (Å²) in [6.07, 6.45) is 31.1. The lowest BCUT2D eigenvalue weighted by molar-refractivity contribution is -0.211. The largest absolute Gasteiger partial charge is 0.478 e. The minimum absolute atomic E-state index is 0.114. The molecule has 2 aliphatic rings. The zero-order valence-electron chi connectivity index (χ0n) is 40.5. The second-order valence-electron chi connectivity index (χ2n) is 19.9. The van der Waals surface area contributed by atoms with E-state index in [1.807, 2.05) is 38.1 Å². The molecule has 0 heterocycles. The molecule has 0 unspecified atom stereocenters. The second-order valence-corrected chi connectivity index (χ2v) is 19.9. The van der Waals surface area contributed by atoms with Gasteiger partial charge in [-0.25, -0.2) is 19.2 Å². The normalized spacial score (nSPS) is 20.8. The number of aliphatic carboxylic acids is 2. The van der Waals surface area contributed by atoms with Crippen LogP contribution in [0.3, 0.4) is 0 Å². The van der Waals surface area contributed by atoms with Gasteiger partial charge in [0.25, 0.3) is 11.2 Å². The van der Waals surface area contributed by atoms with Crippen LogP contribution in [0.4, 0.5) is 0 Å². The highest BCUT2D eigenvalue weighted by atomic mass is 16.6. The van der Waals surface area contributed by atoms with E-state index in [0.717, 1.165) is 73.3 Å². The van der Waals surface area contributed by atoms with Crippen LogP contribution < -0.4 is 0 Å². The first-order valence-corrected chi connectivity index (χ1v) is 26.1. The molecule has 64 heavy (non-hydrogen) atoms. The zero-order valence-corrected chi connectivity index (χ0v) is 40.5. The Balaban J connectivity index is 1.37. The molecule has 0 saturated heterocycles. The summed E-state index contributed by atoms with van der Waals surface area (Å²) in [7, 11) is 0. The summed E-state index contributed by atoms with van der Waals surface area (Å²) in [5.74, 6) is -1.77. The van der Waals surface area contributed by atoms with Crippen LogP contribution in [-0.4, -0.2) is 45.3 Å². The molecular weight excluding hydrogens is 801 g/mol. The van der Waals surface area contributed by atoms with Crippen LogP contribution in [0, 0.1) is 23.7 Å². The van der Waals surface area contributed by atoms with Crippen LogP contribution in [0.15, 0.2) is 48.5 Å². The van der Waals surface area contributed by atoms with Gasteiger partial charge in [-0.15, -0.1) is 0 Å². The highest BCUT2D eigenvalue weighted by molar-refractivity contribution is 5.99. The van der Waals surface area contributed by atoms with Crippen molar-refractivity contribution < 1.29 is 38.9 Å². The minimum Gasteiger partial charge on any atom is -0.478 e. The van der Waals surface area contributed by atoms with E-state index >= 15 is 0 Å². The van der Waals surface area contributed by atoms with E-state index in [0.29, 0.717) is 12.8 Å². The number of aryl methyl sites for hydroxylation is 2. The summed E-state index contributed by atoms with van der Waals surface area (Å²) in [6, 6.07) is 13.9. The Morgan fingerprint density at radius 1 is 0.438 bits per heavy atom. The van der Waals surface area contributed by atoms with E-state index < -0.39 is 35.1 Å². The first-order valence-electron chi connectivity index (χ1n) is 26.1. The van der Waals surface area contributed by atoms with E-state index in [9.17, 15) is 29.4 Å². The third kappa shape index (κ3) is 16.0. The van der Waals surface area contributed by atoms with Gasteiger partial charge in [0.15, 0.2) is 0 Å². The molecule has 8 heteroatoms. The summed E-state index contributed by atoms with van der Waals surface area (Å²) in [5.41, 5.74) is -3.00. The van der Waals surface area contributed by atoms with Crippen molar-refractivity contribution in [2.45, 2.75) is 232 Å². The Hall–Kier alpha value is -3.68. The number of unbranched alkanes of at least 4 members (excludes halogenated alkanes) is 8. The van der Waals surface area contributed by atoms with Crippen molar-refractivity contribution in [1.82, 2.24) is 0 Å². The van der Waals surface area contributed by atoms with Crippen molar-refractivity contribution >= 4 is 23.9 Å². The van der Waals surface area contributed by atoms with Gasteiger partial charge in [0.1, 0.15) is 0 Å². The molecule has 2 atom stereocenters. The summed E-state index contributed by atoms with van der Waals surface area (Å²) in [6.45, 7) is 8.22. The zero-order chi connectivity index (χ0) is 46.2. The van der Waals surface area contributed by atoms with E-state index in [1.54, 1.807) is 24.3 Å². The fourth-order valence-corrected chi connectivity index (χ4v) is 10.7. The topological polar surface area (TPSA) is 127 Å². The van der Waals surface area contributed by atoms with Crippen molar-refractivity contribution in [2.75, 3.05) is 0 Å². The Morgan fingerprint density at radius 2 is 0.719 bits per heavy atom. The maximum atomic E-state index is 13.9. The molecule has 8 nitrogen and oxygen atoms in total. The number of hydrogen-bond acceptors (Lipinski definition) is 6. The Kier molecular flexibility index (Phi) is 23.5. The van der Waals surface area contributed by atoms with Gasteiger partial charge in [-0.3, -0.25) is 0 Å². The quantitative estimate of drug-likeness (QED) is 0.0566. The van der Waals surface area contributed by atoms with Crippen molar-refractivity contribution in [3.8, 4) is 0 Å². The number of hydrogen-bond donors (Lipinski definition) is 2. The number of carboxylic acids is 2. The number of esters is 2. The standard InChI is InChI=1S/C56H86O8/c1-5-9-13-19-43-25-29-45(30-26-43)21-15-17-23-47-33-37-49(38-34-47)51(57)63-55(53(59)60,41-11-7-3)56(54(61)62,42-12-8-4)64-52(58)50-39-35-48(36-40-50)24-18-16-22-46-31-27-44(28-32-46)20-14-10-6-2/h33-40,43-46H,5-32,41-42H2,1-4H3,(H,59,60)(H,61,62)/t43?,44?,45?,46?,55-,56-/m0/s1. The molecular formula is C56H86O8. The van der Waals surface area contributed by atoms with Gasteiger partial charge in [-0.05, 0) is 97.6 Å². The van der Waals surface area contributed by atoms with Crippen LogP contribution in [0.25, 0.3) is 0 Å². The molecule has 2 N–H and O–H groups in total. The lowest BCUT2D eigenvalue weighted by atomic mass is 9.75. The summed E-state index contributed by atoms with van der Waals surface area (Å²) in [5, 5.41) is 21.9. The van der Waals surface area contributed by atoms with Crippen molar-refractivity contribution in [3.63, 3.8) is 0 Å². The second kappa shape index (κ2) is 28.4. The monoisotopic (exact) mass is 887 g/mol. The number of carboxylic acid groups (broad SMARTS) is 2. The van der Waals surface area contributed by atoms with Gasteiger partial charge in [0, 0.05) is 12.8 Å². The van der Waals surface area contributed by atoms with Crippen molar-refractivity contribution in [3.05, 3.63) is 70.8 Å². The van der Waals surface area contributed by atoms with Crippen LogP contribution in [0.5, 0.6) is 0 Å². The molecule has 2 saturated carbocycles. The highest BCUT2D eigenvalue weighted by Gasteiger charge is 2.67. The van der Waals surface area contributed by atoms with E-state index in [4.69, 9.17) is 9.47 Å². The van der Waals surface area contributed by atoms with Gasteiger partial charge in [-0.2, -0.15) is 0 Å². The number of carbonyl (C=O) groups excluding carboxylic acids is 2. The maximum absolute atomic E-state index is 13.9. The molecule has 358 valence electrons. The molecule has 0 radical (unpaired) electrons.